The van der Waals surface area contributed by atoms with Crippen molar-refractivity contribution in [2.45, 2.75) is 58.5 Å². The van der Waals surface area contributed by atoms with Gasteiger partial charge in [0.1, 0.15) is 5.82 Å². The second-order valence-corrected chi connectivity index (χ2v) is 8.63. The van der Waals surface area contributed by atoms with Gasteiger partial charge in [-0.2, -0.15) is 0 Å². The number of hydrogen-bond acceptors (Lipinski definition) is 6. The first-order valence-electron chi connectivity index (χ1n) is 11.5. The molecule has 1 aromatic carbocycles. The minimum atomic E-state index is -0.257. The zero-order chi connectivity index (χ0) is 22.9. The molecule has 2 amide bonds. The number of carbonyl (C=O) groups is 2. The maximum absolute atomic E-state index is 13.2. The summed E-state index contributed by atoms with van der Waals surface area (Å²) in [5.74, 6) is 1.36. The maximum atomic E-state index is 13.2. The van der Waals surface area contributed by atoms with Crippen LogP contribution in [0.1, 0.15) is 71.1 Å². The minimum Gasteiger partial charge on any atom is -0.351 e. The molecule has 8 heteroatoms. The van der Waals surface area contributed by atoms with Gasteiger partial charge in [0.2, 0.25) is 11.7 Å². The van der Waals surface area contributed by atoms with Crippen LogP contribution in [-0.2, 0) is 24.2 Å². The van der Waals surface area contributed by atoms with E-state index in [4.69, 9.17) is 14.5 Å². The molecule has 1 atom stereocenters. The molecule has 0 spiro atoms. The summed E-state index contributed by atoms with van der Waals surface area (Å²) in [6.45, 7) is 5.01. The Hall–Kier alpha value is -3.55. The zero-order valence-electron chi connectivity index (χ0n) is 19.0. The molecule has 0 unspecified atom stereocenters. The summed E-state index contributed by atoms with van der Waals surface area (Å²) in [6.07, 6.45) is 3.42. The molecular weight excluding hydrogens is 418 g/mol. The van der Waals surface area contributed by atoms with Crippen molar-refractivity contribution in [2.24, 2.45) is 0 Å². The highest BCUT2D eigenvalue weighted by Crippen LogP contribution is 2.35. The summed E-state index contributed by atoms with van der Waals surface area (Å²) >= 11 is 0. The molecule has 170 valence electrons. The van der Waals surface area contributed by atoms with E-state index in [1.54, 1.807) is 15.9 Å². The first kappa shape index (κ1) is 21.3. The molecule has 1 fully saturated rings. The Balaban J connectivity index is 1.48. The van der Waals surface area contributed by atoms with Crippen molar-refractivity contribution in [2.75, 3.05) is 11.4 Å². The first-order valence-corrected chi connectivity index (χ1v) is 11.5. The Morgan fingerprint density at radius 3 is 2.76 bits per heavy atom. The van der Waals surface area contributed by atoms with Gasteiger partial charge in [0.25, 0.3) is 5.91 Å². The lowest BCUT2D eigenvalue weighted by Gasteiger charge is -2.31. The smallest absolute Gasteiger partial charge is 0.293 e. The van der Waals surface area contributed by atoms with Gasteiger partial charge in [-0.3, -0.25) is 14.5 Å². The van der Waals surface area contributed by atoms with E-state index < -0.39 is 0 Å². The number of carbonyl (C=O) groups excluding carboxylic acids is 2. The van der Waals surface area contributed by atoms with E-state index in [0.717, 1.165) is 35.4 Å². The van der Waals surface area contributed by atoms with Crippen LogP contribution in [0.5, 0.6) is 0 Å². The van der Waals surface area contributed by atoms with Crippen LogP contribution >= 0.6 is 0 Å². The average Bonchev–Trinajstić information content (AvgIpc) is 3.51. The Morgan fingerprint density at radius 1 is 1.18 bits per heavy atom. The van der Waals surface area contributed by atoms with Gasteiger partial charge in [-0.05, 0) is 38.2 Å². The Bertz CT molecular complexity index is 1190. The number of hydrogen-bond donors (Lipinski definition) is 0. The fourth-order valence-electron chi connectivity index (χ4n) is 4.68. The van der Waals surface area contributed by atoms with E-state index in [1.807, 2.05) is 44.2 Å². The zero-order valence-corrected chi connectivity index (χ0v) is 19.0. The van der Waals surface area contributed by atoms with Crippen molar-refractivity contribution in [1.29, 1.82) is 0 Å². The SMILES string of the molecule is CCc1cc(C(=O)N2CCC[C@@H]2c2nc(C)c3c(n2)N(Cc2ccccc2)C(=O)CC3)on1. The standard InChI is InChI=1S/C25H27N5O3/c1-3-18-14-21(33-28-18)25(32)29-13-7-10-20(29)23-26-16(2)19-11-12-22(31)30(24(19)27-23)15-17-8-5-4-6-9-17/h4-6,8-9,14,20H,3,7,10-13,15H2,1-2H3/t20-/m1/s1. The summed E-state index contributed by atoms with van der Waals surface area (Å²) < 4.78 is 5.29. The van der Waals surface area contributed by atoms with E-state index in [-0.39, 0.29) is 23.6 Å². The fourth-order valence-corrected chi connectivity index (χ4v) is 4.68. The lowest BCUT2D eigenvalue weighted by atomic mass is 10.0. The van der Waals surface area contributed by atoms with E-state index >= 15 is 0 Å². The molecule has 0 saturated carbocycles. The molecule has 2 aromatic heterocycles. The molecule has 2 aliphatic heterocycles. The fraction of sp³-hybridized carbons (Fsp3) is 0.400. The van der Waals surface area contributed by atoms with Crippen LogP contribution in [0, 0.1) is 6.92 Å². The van der Waals surface area contributed by atoms with Gasteiger partial charge in [0, 0.05) is 30.3 Å². The van der Waals surface area contributed by atoms with Crippen LogP contribution in [0.15, 0.2) is 40.9 Å². The maximum Gasteiger partial charge on any atom is 0.293 e. The molecule has 4 heterocycles. The van der Waals surface area contributed by atoms with Gasteiger partial charge in [0.05, 0.1) is 18.3 Å². The lowest BCUT2D eigenvalue weighted by molar-refractivity contribution is -0.119. The normalized spacial score (nSPS) is 18.0. The molecule has 2 aliphatic rings. The molecular formula is C25H27N5O3. The molecule has 0 radical (unpaired) electrons. The van der Waals surface area contributed by atoms with Crippen molar-refractivity contribution >= 4 is 17.6 Å². The van der Waals surface area contributed by atoms with E-state index in [2.05, 4.69) is 5.16 Å². The van der Waals surface area contributed by atoms with Gasteiger partial charge in [-0.25, -0.2) is 9.97 Å². The van der Waals surface area contributed by atoms with Crippen molar-refractivity contribution in [3.05, 3.63) is 70.5 Å². The molecule has 0 N–H and O–H groups in total. The molecule has 5 rings (SSSR count). The number of amides is 2. The molecule has 8 nitrogen and oxygen atoms in total. The summed E-state index contributed by atoms with van der Waals surface area (Å²) in [7, 11) is 0. The Kier molecular flexibility index (Phi) is 5.66. The van der Waals surface area contributed by atoms with Crippen molar-refractivity contribution in [1.82, 2.24) is 20.0 Å². The van der Waals surface area contributed by atoms with Crippen LogP contribution in [0.3, 0.4) is 0 Å². The van der Waals surface area contributed by atoms with Crippen LogP contribution < -0.4 is 4.90 Å². The lowest BCUT2D eigenvalue weighted by Crippen LogP contribution is -2.37. The highest BCUT2D eigenvalue weighted by molar-refractivity contribution is 5.95. The van der Waals surface area contributed by atoms with Crippen molar-refractivity contribution in [3.8, 4) is 0 Å². The summed E-state index contributed by atoms with van der Waals surface area (Å²) in [5.41, 5.74) is 3.68. The van der Waals surface area contributed by atoms with E-state index in [9.17, 15) is 9.59 Å². The highest BCUT2D eigenvalue weighted by atomic mass is 16.5. The summed E-state index contributed by atoms with van der Waals surface area (Å²) in [5, 5.41) is 3.96. The van der Waals surface area contributed by atoms with Gasteiger partial charge < -0.3 is 9.42 Å². The molecule has 3 aromatic rings. The first-order chi connectivity index (χ1) is 16.0. The van der Waals surface area contributed by atoms with Crippen LogP contribution in [0.2, 0.25) is 0 Å². The number of benzene rings is 1. The van der Waals surface area contributed by atoms with Crippen LogP contribution in [-0.4, -0.2) is 38.4 Å². The monoisotopic (exact) mass is 445 g/mol. The topological polar surface area (TPSA) is 92.4 Å². The van der Waals surface area contributed by atoms with Gasteiger partial charge >= 0.3 is 0 Å². The molecule has 0 bridgehead atoms. The third-order valence-electron chi connectivity index (χ3n) is 6.48. The molecule has 1 saturated heterocycles. The summed E-state index contributed by atoms with van der Waals surface area (Å²) in [6, 6.07) is 11.4. The Labute approximate surface area is 192 Å². The van der Waals surface area contributed by atoms with Gasteiger partial charge in [0.15, 0.2) is 5.82 Å². The number of anilines is 1. The quantitative estimate of drug-likeness (QED) is 0.593. The Morgan fingerprint density at radius 2 is 2.00 bits per heavy atom. The van der Waals surface area contributed by atoms with Crippen molar-refractivity contribution < 1.29 is 14.1 Å². The third-order valence-corrected chi connectivity index (χ3v) is 6.48. The predicted molar refractivity (Wildman–Crippen MR) is 122 cm³/mol. The summed E-state index contributed by atoms with van der Waals surface area (Å²) in [4.78, 5) is 39.3. The largest absolute Gasteiger partial charge is 0.351 e. The van der Waals surface area contributed by atoms with Gasteiger partial charge in [-0.15, -0.1) is 0 Å². The highest BCUT2D eigenvalue weighted by Gasteiger charge is 2.36. The number of rotatable bonds is 5. The van der Waals surface area contributed by atoms with Gasteiger partial charge in [-0.1, -0.05) is 42.4 Å². The second-order valence-electron chi connectivity index (χ2n) is 8.63. The number of aryl methyl sites for hydroxylation is 2. The molecule has 33 heavy (non-hydrogen) atoms. The van der Waals surface area contributed by atoms with E-state index in [1.165, 1.54) is 0 Å². The second kappa shape index (κ2) is 8.77. The van der Waals surface area contributed by atoms with E-state index in [0.29, 0.717) is 44.0 Å². The average molecular weight is 446 g/mol. The van der Waals surface area contributed by atoms with Crippen LogP contribution in [0.4, 0.5) is 5.82 Å². The number of likely N-dealkylation sites (tertiary alicyclic amines) is 1. The number of aromatic nitrogens is 3. The molecule has 0 aliphatic carbocycles. The number of nitrogens with zero attached hydrogens (tertiary/aromatic N) is 5. The van der Waals surface area contributed by atoms with Crippen LogP contribution in [0.25, 0.3) is 0 Å². The predicted octanol–water partition coefficient (Wildman–Crippen LogP) is 3.79. The third kappa shape index (κ3) is 4.01. The number of fused-ring (bicyclic) bond motifs is 1. The van der Waals surface area contributed by atoms with Crippen molar-refractivity contribution in [3.63, 3.8) is 0 Å². The minimum absolute atomic E-state index is 0.0588.